The Kier molecular flexibility index (Phi) is 3.05. The Morgan fingerprint density at radius 3 is 2.91 bits per heavy atom. The van der Waals surface area contributed by atoms with Gasteiger partial charge in [-0.25, -0.2) is 0 Å². The van der Waals surface area contributed by atoms with Gasteiger partial charge in [0.25, 0.3) is 0 Å². The minimum absolute atomic E-state index is 0.630. The zero-order valence-electron chi connectivity index (χ0n) is 7.12. The molecule has 0 amide bonds. The summed E-state index contributed by atoms with van der Waals surface area (Å²) in [6.45, 7) is 2.20. The summed E-state index contributed by atoms with van der Waals surface area (Å²) in [5, 5.41) is 2.20. The molecule has 11 heavy (non-hydrogen) atoms. The summed E-state index contributed by atoms with van der Waals surface area (Å²) < 4.78 is 0. The molecule has 0 radical (unpaired) electrons. The Morgan fingerprint density at radius 1 is 1.55 bits per heavy atom. The third-order valence-electron chi connectivity index (χ3n) is 1.83. The van der Waals surface area contributed by atoms with Crippen molar-refractivity contribution in [3.05, 3.63) is 30.1 Å². The van der Waals surface area contributed by atoms with Crippen LogP contribution >= 0.6 is 0 Å². The summed E-state index contributed by atoms with van der Waals surface area (Å²) >= 11 is 0. The zero-order valence-corrected chi connectivity index (χ0v) is 7.12. The number of pyridine rings is 1. The van der Waals surface area contributed by atoms with Crippen LogP contribution in [0.5, 0.6) is 0 Å². The molecule has 2 heteroatoms. The Labute approximate surface area is 67.7 Å². The molecule has 0 aliphatic heterocycles. The first-order valence-electron chi connectivity index (χ1n) is 4.02. The van der Waals surface area contributed by atoms with Crippen LogP contribution in [0.15, 0.2) is 24.4 Å². The molecule has 0 saturated carbocycles. The number of hydrogen-bond donors (Lipinski definition) is 1. The highest BCUT2D eigenvalue weighted by Gasteiger charge is 2.02. The Morgan fingerprint density at radius 2 is 2.36 bits per heavy atom. The lowest BCUT2D eigenvalue weighted by Gasteiger charge is -2.04. The van der Waals surface area contributed by atoms with E-state index in [1.807, 2.05) is 18.3 Å². The Hall–Kier alpha value is -0.890. The fraction of sp³-hybridized carbons (Fsp3) is 0.444. The maximum atomic E-state index is 4.25. The topological polar surface area (TPSA) is 29.5 Å². The first-order chi connectivity index (χ1) is 5.33. The van der Waals surface area contributed by atoms with Gasteiger partial charge < -0.3 is 5.32 Å². The molecule has 0 aliphatic carbocycles. The van der Waals surface area contributed by atoms with E-state index < -0.39 is 0 Å². The maximum Gasteiger partial charge on any atom is 0.0884 e. The third kappa shape index (κ3) is 2.68. The normalized spacial score (nSPS) is 12.9. The first-order valence-corrected chi connectivity index (χ1v) is 4.02. The minimum Gasteiger partial charge on any atom is -0.346 e. The molecular weight excluding hydrogens is 136 g/mol. The largest absolute Gasteiger partial charge is 0.346 e. The van der Waals surface area contributed by atoms with Crippen LogP contribution < -0.4 is 5.32 Å². The minimum atomic E-state index is 0.630. The van der Waals surface area contributed by atoms with E-state index in [4.69, 9.17) is 0 Å². The van der Waals surface area contributed by atoms with E-state index in [9.17, 15) is 0 Å². The summed E-state index contributed by atoms with van der Waals surface area (Å²) in [4.78, 5) is 4.25. The predicted octanol–water partition coefficient (Wildman–Crippen LogP) is 0.206. The maximum absolute atomic E-state index is 4.25. The molecule has 2 N–H and O–H groups in total. The smallest absolute Gasteiger partial charge is 0.0884 e. The van der Waals surface area contributed by atoms with Crippen LogP contribution in [0.2, 0.25) is 0 Å². The van der Waals surface area contributed by atoms with E-state index in [0.717, 1.165) is 6.42 Å². The van der Waals surface area contributed by atoms with Crippen molar-refractivity contribution in [2.45, 2.75) is 19.4 Å². The van der Waals surface area contributed by atoms with Crippen LogP contribution in [0.1, 0.15) is 12.6 Å². The number of likely N-dealkylation sites (N-methyl/N-ethyl adjacent to an activating group) is 1. The molecule has 1 aromatic rings. The predicted molar refractivity (Wildman–Crippen MR) is 45.3 cm³/mol. The SMILES string of the molecule is C[NH2+][C@H](C)Cc1ccccn1. The molecule has 2 nitrogen and oxygen atoms in total. The lowest BCUT2D eigenvalue weighted by molar-refractivity contribution is -0.659. The van der Waals surface area contributed by atoms with Gasteiger partial charge in [-0.2, -0.15) is 0 Å². The van der Waals surface area contributed by atoms with Gasteiger partial charge in [0.05, 0.1) is 13.1 Å². The van der Waals surface area contributed by atoms with Gasteiger partial charge in [-0.1, -0.05) is 6.07 Å². The van der Waals surface area contributed by atoms with Crippen LogP contribution in [0.3, 0.4) is 0 Å². The summed E-state index contributed by atoms with van der Waals surface area (Å²) in [6, 6.07) is 6.68. The molecule has 1 rings (SSSR count). The fourth-order valence-corrected chi connectivity index (χ4v) is 0.967. The summed E-state index contributed by atoms with van der Waals surface area (Å²) in [5.74, 6) is 0. The van der Waals surface area contributed by atoms with Crippen LogP contribution in [0.25, 0.3) is 0 Å². The highest BCUT2D eigenvalue weighted by atomic mass is 14.9. The van der Waals surface area contributed by atoms with Gasteiger partial charge in [-0.05, 0) is 19.1 Å². The second kappa shape index (κ2) is 4.09. The zero-order chi connectivity index (χ0) is 8.10. The van der Waals surface area contributed by atoms with E-state index in [-0.39, 0.29) is 0 Å². The quantitative estimate of drug-likeness (QED) is 0.657. The summed E-state index contributed by atoms with van der Waals surface area (Å²) in [7, 11) is 2.09. The number of aromatic nitrogens is 1. The number of rotatable bonds is 3. The molecule has 0 fully saturated rings. The second-order valence-corrected chi connectivity index (χ2v) is 2.84. The second-order valence-electron chi connectivity index (χ2n) is 2.84. The molecule has 1 heterocycles. The Bertz CT molecular complexity index is 196. The first kappa shape index (κ1) is 8.21. The van der Waals surface area contributed by atoms with Crippen molar-refractivity contribution >= 4 is 0 Å². The van der Waals surface area contributed by atoms with Crippen molar-refractivity contribution in [3.63, 3.8) is 0 Å². The third-order valence-corrected chi connectivity index (χ3v) is 1.83. The number of hydrogen-bond acceptors (Lipinski definition) is 1. The van der Waals surface area contributed by atoms with Crippen LogP contribution in [-0.4, -0.2) is 18.1 Å². The van der Waals surface area contributed by atoms with Gasteiger partial charge in [0.1, 0.15) is 0 Å². The van der Waals surface area contributed by atoms with E-state index >= 15 is 0 Å². The lowest BCUT2D eigenvalue weighted by Crippen LogP contribution is -2.85. The summed E-state index contributed by atoms with van der Waals surface area (Å²) in [5.41, 5.74) is 1.18. The molecule has 60 valence electrons. The monoisotopic (exact) mass is 151 g/mol. The molecule has 1 atom stereocenters. The molecule has 0 spiro atoms. The molecule has 0 bridgehead atoms. The van der Waals surface area contributed by atoms with E-state index in [1.54, 1.807) is 0 Å². The fourth-order valence-electron chi connectivity index (χ4n) is 0.967. The van der Waals surface area contributed by atoms with Crippen molar-refractivity contribution in [2.75, 3.05) is 7.05 Å². The van der Waals surface area contributed by atoms with Gasteiger partial charge in [0.15, 0.2) is 0 Å². The molecule has 0 saturated heterocycles. The van der Waals surface area contributed by atoms with Gasteiger partial charge in [0.2, 0.25) is 0 Å². The van der Waals surface area contributed by atoms with Gasteiger partial charge in [-0.15, -0.1) is 0 Å². The number of nitrogens with two attached hydrogens (primary N) is 1. The molecule has 1 aromatic heterocycles. The Balaban J connectivity index is 2.51. The van der Waals surface area contributed by atoms with Gasteiger partial charge in [-0.3, -0.25) is 4.98 Å². The van der Waals surface area contributed by atoms with E-state index in [2.05, 4.69) is 30.3 Å². The van der Waals surface area contributed by atoms with Crippen molar-refractivity contribution < 1.29 is 5.32 Å². The number of quaternary nitrogens is 1. The average molecular weight is 151 g/mol. The van der Waals surface area contributed by atoms with E-state index in [0.29, 0.717) is 6.04 Å². The number of nitrogens with zero attached hydrogens (tertiary/aromatic N) is 1. The van der Waals surface area contributed by atoms with Crippen LogP contribution in [0, 0.1) is 0 Å². The molecule has 0 aliphatic rings. The molecule has 0 unspecified atom stereocenters. The summed E-state index contributed by atoms with van der Waals surface area (Å²) in [6.07, 6.45) is 2.90. The molecular formula is C9H15N2+. The van der Waals surface area contributed by atoms with E-state index in [1.165, 1.54) is 5.69 Å². The van der Waals surface area contributed by atoms with Crippen molar-refractivity contribution in [3.8, 4) is 0 Å². The molecule has 0 aromatic carbocycles. The van der Waals surface area contributed by atoms with Gasteiger partial charge >= 0.3 is 0 Å². The standard InChI is InChI=1S/C9H14N2/c1-8(10-2)7-9-5-3-4-6-11-9/h3-6,8,10H,7H2,1-2H3/p+1/t8-/m1/s1. The van der Waals surface area contributed by atoms with Gasteiger partial charge in [0, 0.05) is 18.3 Å². The average Bonchev–Trinajstić information content (AvgIpc) is 2.06. The van der Waals surface area contributed by atoms with Crippen LogP contribution in [-0.2, 0) is 6.42 Å². The highest BCUT2D eigenvalue weighted by Crippen LogP contribution is 1.95. The highest BCUT2D eigenvalue weighted by molar-refractivity contribution is 5.03. The van der Waals surface area contributed by atoms with Crippen molar-refractivity contribution in [2.24, 2.45) is 0 Å². The van der Waals surface area contributed by atoms with Crippen molar-refractivity contribution in [1.29, 1.82) is 0 Å². The lowest BCUT2D eigenvalue weighted by atomic mass is 10.2. The van der Waals surface area contributed by atoms with Crippen molar-refractivity contribution in [1.82, 2.24) is 4.98 Å². The van der Waals surface area contributed by atoms with Crippen LogP contribution in [0.4, 0.5) is 0 Å².